The van der Waals surface area contributed by atoms with Crippen LogP contribution in [0, 0.1) is 17.0 Å². The van der Waals surface area contributed by atoms with Crippen molar-refractivity contribution in [2.75, 3.05) is 10.6 Å². The number of nitro benzene ring substituents is 1. The SMILES string of the molecule is Cc1ccccc1CN(c1ccc(C(=O)N/N=C\c2ccccc2[N+](=O)[O-])cc1)S(C)(=O)=O. The van der Waals surface area contributed by atoms with Gasteiger partial charge in [0.05, 0.1) is 35.2 Å². The van der Waals surface area contributed by atoms with Gasteiger partial charge in [0, 0.05) is 11.6 Å². The second kappa shape index (κ2) is 10.0. The molecule has 3 rings (SSSR count). The number of hydrogen-bond donors (Lipinski definition) is 1. The highest BCUT2D eigenvalue weighted by atomic mass is 32.2. The number of sulfonamides is 1. The number of carbonyl (C=O) groups excluding carboxylic acids is 1. The number of nitrogens with one attached hydrogen (secondary N) is 1. The Labute approximate surface area is 191 Å². The predicted octanol–water partition coefficient (Wildman–Crippen LogP) is 3.63. The monoisotopic (exact) mass is 466 g/mol. The largest absolute Gasteiger partial charge is 0.278 e. The first kappa shape index (κ1) is 23.6. The first-order chi connectivity index (χ1) is 15.7. The summed E-state index contributed by atoms with van der Waals surface area (Å²) in [6, 6.07) is 19.6. The van der Waals surface area contributed by atoms with Crippen molar-refractivity contribution in [3.63, 3.8) is 0 Å². The van der Waals surface area contributed by atoms with Crippen molar-refractivity contribution in [3.8, 4) is 0 Å². The highest BCUT2D eigenvalue weighted by Gasteiger charge is 2.19. The Morgan fingerprint density at radius 2 is 1.70 bits per heavy atom. The summed E-state index contributed by atoms with van der Waals surface area (Å²) < 4.78 is 26.1. The number of hydrazone groups is 1. The maximum absolute atomic E-state index is 12.4. The van der Waals surface area contributed by atoms with Crippen molar-refractivity contribution in [1.29, 1.82) is 0 Å². The van der Waals surface area contributed by atoms with Crippen LogP contribution in [0.3, 0.4) is 0 Å². The Bertz CT molecular complexity index is 1300. The first-order valence-corrected chi connectivity index (χ1v) is 11.7. The van der Waals surface area contributed by atoms with Crippen LogP contribution in [0.5, 0.6) is 0 Å². The van der Waals surface area contributed by atoms with E-state index in [0.717, 1.165) is 17.4 Å². The molecule has 0 heterocycles. The van der Waals surface area contributed by atoms with E-state index in [1.165, 1.54) is 40.9 Å². The zero-order valence-electron chi connectivity index (χ0n) is 18.0. The Morgan fingerprint density at radius 1 is 1.06 bits per heavy atom. The summed E-state index contributed by atoms with van der Waals surface area (Å²) in [6.45, 7) is 2.07. The number of benzene rings is 3. The lowest BCUT2D eigenvalue weighted by molar-refractivity contribution is -0.385. The van der Waals surface area contributed by atoms with Gasteiger partial charge in [-0.05, 0) is 48.4 Å². The molecule has 0 saturated heterocycles. The number of amides is 1. The van der Waals surface area contributed by atoms with Gasteiger partial charge in [-0.25, -0.2) is 13.8 Å². The number of rotatable bonds is 8. The fourth-order valence-electron chi connectivity index (χ4n) is 3.11. The molecule has 0 bridgehead atoms. The molecule has 0 aliphatic heterocycles. The number of aryl methyl sites for hydroxylation is 1. The van der Waals surface area contributed by atoms with Crippen LogP contribution in [0.15, 0.2) is 77.9 Å². The molecule has 0 unspecified atom stereocenters. The molecule has 0 aliphatic rings. The lowest BCUT2D eigenvalue weighted by Gasteiger charge is -2.23. The summed E-state index contributed by atoms with van der Waals surface area (Å²) in [5.41, 5.74) is 4.94. The van der Waals surface area contributed by atoms with Gasteiger partial charge < -0.3 is 0 Å². The predicted molar refractivity (Wildman–Crippen MR) is 127 cm³/mol. The quantitative estimate of drug-likeness (QED) is 0.309. The molecule has 0 radical (unpaired) electrons. The molecule has 0 saturated carbocycles. The molecular weight excluding hydrogens is 444 g/mol. The van der Waals surface area contributed by atoms with Crippen LogP contribution in [-0.4, -0.2) is 31.7 Å². The molecule has 3 aromatic carbocycles. The lowest BCUT2D eigenvalue weighted by atomic mass is 10.1. The van der Waals surface area contributed by atoms with Crippen molar-refractivity contribution in [1.82, 2.24) is 5.43 Å². The fourth-order valence-corrected chi connectivity index (χ4v) is 3.99. The summed E-state index contributed by atoms with van der Waals surface area (Å²) in [5.74, 6) is -0.541. The smallest absolute Gasteiger partial charge is 0.267 e. The zero-order chi connectivity index (χ0) is 24.0. The van der Waals surface area contributed by atoms with Gasteiger partial charge in [0.2, 0.25) is 10.0 Å². The third kappa shape index (κ3) is 6.01. The van der Waals surface area contributed by atoms with Gasteiger partial charge in [-0.1, -0.05) is 36.4 Å². The van der Waals surface area contributed by atoms with E-state index < -0.39 is 20.9 Å². The van der Waals surface area contributed by atoms with Crippen molar-refractivity contribution < 1.29 is 18.1 Å². The lowest BCUT2D eigenvalue weighted by Crippen LogP contribution is -2.29. The Morgan fingerprint density at radius 3 is 2.33 bits per heavy atom. The molecule has 0 atom stereocenters. The van der Waals surface area contributed by atoms with Crippen LogP contribution in [0.25, 0.3) is 0 Å². The third-order valence-electron chi connectivity index (χ3n) is 4.90. The molecule has 0 aromatic heterocycles. The summed E-state index contributed by atoms with van der Waals surface area (Å²) in [7, 11) is -3.57. The van der Waals surface area contributed by atoms with E-state index in [2.05, 4.69) is 10.5 Å². The zero-order valence-corrected chi connectivity index (χ0v) is 18.8. The summed E-state index contributed by atoms with van der Waals surface area (Å²) >= 11 is 0. The summed E-state index contributed by atoms with van der Waals surface area (Å²) in [4.78, 5) is 22.9. The molecule has 10 heteroatoms. The van der Waals surface area contributed by atoms with E-state index in [1.54, 1.807) is 18.2 Å². The first-order valence-electron chi connectivity index (χ1n) is 9.86. The molecule has 0 spiro atoms. The van der Waals surface area contributed by atoms with Crippen molar-refractivity contribution in [2.45, 2.75) is 13.5 Å². The van der Waals surface area contributed by atoms with Crippen LogP contribution in [0.1, 0.15) is 27.0 Å². The number of hydrogen-bond acceptors (Lipinski definition) is 6. The van der Waals surface area contributed by atoms with Gasteiger partial charge in [0.25, 0.3) is 11.6 Å². The summed E-state index contributed by atoms with van der Waals surface area (Å²) in [5, 5.41) is 14.8. The van der Waals surface area contributed by atoms with Gasteiger partial charge in [-0.2, -0.15) is 5.10 Å². The molecule has 3 aromatic rings. The minimum absolute atomic E-state index is 0.130. The van der Waals surface area contributed by atoms with E-state index >= 15 is 0 Å². The van der Waals surface area contributed by atoms with Gasteiger partial charge in [0.1, 0.15) is 0 Å². The highest BCUT2D eigenvalue weighted by molar-refractivity contribution is 7.92. The van der Waals surface area contributed by atoms with E-state index in [1.807, 2.05) is 31.2 Å². The Kier molecular flexibility index (Phi) is 7.19. The molecule has 9 nitrogen and oxygen atoms in total. The van der Waals surface area contributed by atoms with Crippen molar-refractivity contribution in [3.05, 3.63) is 105 Å². The van der Waals surface area contributed by atoms with E-state index in [9.17, 15) is 23.3 Å². The maximum Gasteiger partial charge on any atom is 0.278 e. The third-order valence-corrected chi connectivity index (χ3v) is 6.04. The molecule has 0 aliphatic carbocycles. The van der Waals surface area contributed by atoms with Gasteiger partial charge in [-0.15, -0.1) is 0 Å². The van der Waals surface area contributed by atoms with Crippen molar-refractivity contribution in [2.24, 2.45) is 5.10 Å². The minimum Gasteiger partial charge on any atom is -0.267 e. The van der Waals surface area contributed by atoms with E-state index in [-0.39, 0.29) is 23.4 Å². The number of anilines is 1. The van der Waals surface area contributed by atoms with Gasteiger partial charge in [-0.3, -0.25) is 19.2 Å². The average Bonchev–Trinajstić information content (AvgIpc) is 2.78. The average molecular weight is 467 g/mol. The molecule has 33 heavy (non-hydrogen) atoms. The fraction of sp³-hybridized carbons (Fsp3) is 0.130. The normalized spacial score (nSPS) is 11.3. The molecule has 170 valence electrons. The number of nitrogens with zero attached hydrogens (tertiary/aromatic N) is 3. The molecule has 0 fully saturated rings. The van der Waals surface area contributed by atoms with Crippen LogP contribution in [-0.2, 0) is 16.6 Å². The van der Waals surface area contributed by atoms with Crippen molar-refractivity contribution >= 4 is 33.5 Å². The van der Waals surface area contributed by atoms with Crippen LogP contribution in [0.2, 0.25) is 0 Å². The van der Waals surface area contributed by atoms with Crippen LogP contribution in [0.4, 0.5) is 11.4 Å². The van der Waals surface area contributed by atoms with Gasteiger partial charge >= 0.3 is 0 Å². The summed E-state index contributed by atoms with van der Waals surface area (Å²) in [6.07, 6.45) is 2.32. The topological polar surface area (TPSA) is 122 Å². The van der Waals surface area contributed by atoms with Gasteiger partial charge in [0.15, 0.2) is 0 Å². The second-order valence-corrected chi connectivity index (χ2v) is 9.16. The van der Waals surface area contributed by atoms with E-state index in [0.29, 0.717) is 5.69 Å². The van der Waals surface area contributed by atoms with E-state index in [4.69, 9.17) is 0 Å². The second-order valence-electron chi connectivity index (χ2n) is 7.26. The standard InChI is InChI=1S/C23H22N4O5S/c1-17-7-3-4-9-20(17)16-26(33(2,31)32)21-13-11-18(12-14-21)23(28)25-24-15-19-8-5-6-10-22(19)27(29)30/h3-15H,16H2,1-2H3,(H,25,28)/b24-15-. The Hall–Kier alpha value is -4.05. The molecule has 1 N–H and O–H groups in total. The highest BCUT2D eigenvalue weighted by Crippen LogP contribution is 2.22. The Balaban J connectivity index is 1.75. The molecule has 1 amide bonds. The maximum atomic E-state index is 12.4. The van der Waals surface area contributed by atoms with Crippen LogP contribution < -0.4 is 9.73 Å². The van der Waals surface area contributed by atoms with Crippen LogP contribution >= 0.6 is 0 Å². The number of para-hydroxylation sites is 1. The number of nitro groups is 1. The molecular formula is C23H22N4O5S. The minimum atomic E-state index is -3.57. The number of carbonyl (C=O) groups is 1.